The van der Waals surface area contributed by atoms with Crippen molar-refractivity contribution in [1.29, 1.82) is 0 Å². The minimum absolute atomic E-state index is 0.408. The summed E-state index contributed by atoms with van der Waals surface area (Å²) in [5.41, 5.74) is 0.0235. The fraction of sp³-hybridized carbons (Fsp3) is 0.650. The summed E-state index contributed by atoms with van der Waals surface area (Å²) in [5.74, 6) is 0. The van der Waals surface area contributed by atoms with Gasteiger partial charge in [-0.3, -0.25) is 4.90 Å². The Hall–Kier alpha value is -1.24. The molecule has 7 heteroatoms. The van der Waals surface area contributed by atoms with E-state index in [-0.39, 0.29) is 0 Å². The number of carbonyl (C=O) groups is 1. The topological polar surface area (TPSA) is 48.0 Å². The molecule has 1 amide bonds. The average molecular weight is 396 g/mol. The van der Waals surface area contributed by atoms with Crippen molar-refractivity contribution in [3.05, 3.63) is 23.2 Å². The minimum Gasteiger partial charge on any atom is -0.443 e. The lowest BCUT2D eigenvalue weighted by Crippen LogP contribution is -2.41. The molecule has 5 nitrogen and oxygen atoms in total. The van der Waals surface area contributed by atoms with Crippen molar-refractivity contribution < 1.29 is 18.8 Å². The van der Waals surface area contributed by atoms with Gasteiger partial charge in [-0.1, -0.05) is 24.6 Å². The predicted octanol–water partition coefficient (Wildman–Crippen LogP) is 4.79. The molecule has 0 aromatic heterocycles. The summed E-state index contributed by atoms with van der Waals surface area (Å²) in [6.07, 6.45) is 0.379. The quantitative estimate of drug-likeness (QED) is 0.688. The largest absolute Gasteiger partial charge is 0.494 e. The van der Waals surface area contributed by atoms with Crippen LogP contribution in [0.5, 0.6) is 0 Å². The molecular formula is C20H31BClNO4. The zero-order chi connectivity index (χ0) is 20.6. The highest BCUT2D eigenvalue weighted by atomic mass is 35.5. The van der Waals surface area contributed by atoms with E-state index in [4.69, 9.17) is 25.6 Å². The molecule has 0 aliphatic carbocycles. The van der Waals surface area contributed by atoms with Crippen molar-refractivity contribution in [2.75, 3.05) is 11.4 Å². The van der Waals surface area contributed by atoms with Crippen LogP contribution >= 0.6 is 11.6 Å². The Morgan fingerprint density at radius 3 is 2.19 bits per heavy atom. The minimum atomic E-state index is -0.571. The van der Waals surface area contributed by atoms with Crippen molar-refractivity contribution in [2.45, 2.75) is 78.6 Å². The Balaban J connectivity index is 2.28. The molecule has 0 N–H and O–H groups in total. The number of hydrogen-bond donors (Lipinski definition) is 0. The smallest absolute Gasteiger partial charge is 0.443 e. The standard InChI is InChI=1S/C20H31BClNO4/c1-9-12-23(17(24)25-18(2,3)4)16-11-10-14(13-15(16)22)21-26-19(5,6)20(7,8)27-21/h10-11,13H,9,12H2,1-8H3. The van der Waals surface area contributed by atoms with Gasteiger partial charge in [0.2, 0.25) is 0 Å². The van der Waals surface area contributed by atoms with E-state index in [1.807, 2.05) is 67.5 Å². The van der Waals surface area contributed by atoms with Gasteiger partial charge in [-0.05, 0) is 72.5 Å². The van der Waals surface area contributed by atoms with E-state index in [0.717, 1.165) is 11.9 Å². The zero-order valence-electron chi connectivity index (χ0n) is 17.7. The van der Waals surface area contributed by atoms with E-state index < -0.39 is 30.0 Å². The van der Waals surface area contributed by atoms with Crippen LogP contribution in [0.1, 0.15) is 61.8 Å². The number of carbonyl (C=O) groups excluding carboxylic acids is 1. The SMILES string of the molecule is CCCN(C(=O)OC(C)(C)C)c1ccc(B2OC(C)(C)C(C)(C)O2)cc1Cl. The normalized spacial score (nSPS) is 18.5. The van der Waals surface area contributed by atoms with Crippen LogP contribution in [0.3, 0.4) is 0 Å². The van der Waals surface area contributed by atoms with Gasteiger partial charge >= 0.3 is 13.2 Å². The number of halogens is 1. The first kappa shape index (κ1) is 22.1. The van der Waals surface area contributed by atoms with Crippen LogP contribution in [0.2, 0.25) is 5.02 Å². The Morgan fingerprint density at radius 2 is 1.74 bits per heavy atom. The maximum absolute atomic E-state index is 12.6. The van der Waals surface area contributed by atoms with Crippen molar-refractivity contribution in [3.8, 4) is 0 Å². The van der Waals surface area contributed by atoms with Crippen LogP contribution in [0.4, 0.5) is 10.5 Å². The molecule has 0 unspecified atom stereocenters. The molecule has 1 heterocycles. The third-order valence-electron chi connectivity index (χ3n) is 4.85. The number of amides is 1. The second-order valence-electron chi connectivity index (χ2n) is 8.93. The van der Waals surface area contributed by atoms with Crippen LogP contribution in [-0.2, 0) is 14.0 Å². The van der Waals surface area contributed by atoms with Crippen LogP contribution in [-0.4, -0.2) is 36.6 Å². The fourth-order valence-electron chi connectivity index (χ4n) is 2.72. The monoisotopic (exact) mass is 395 g/mol. The predicted molar refractivity (Wildman–Crippen MR) is 111 cm³/mol. The molecule has 0 spiro atoms. The van der Waals surface area contributed by atoms with E-state index in [9.17, 15) is 4.79 Å². The lowest BCUT2D eigenvalue weighted by Gasteiger charge is -2.32. The van der Waals surface area contributed by atoms with Crippen LogP contribution in [0, 0.1) is 0 Å². The molecule has 0 radical (unpaired) electrons. The van der Waals surface area contributed by atoms with Gasteiger partial charge in [-0.15, -0.1) is 0 Å². The summed E-state index contributed by atoms with van der Waals surface area (Å²) < 4.78 is 17.7. The van der Waals surface area contributed by atoms with Crippen molar-refractivity contribution in [2.24, 2.45) is 0 Å². The maximum atomic E-state index is 12.6. The van der Waals surface area contributed by atoms with E-state index in [1.54, 1.807) is 11.0 Å². The highest BCUT2D eigenvalue weighted by Gasteiger charge is 2.51. The first-order chi connectivity index (χ1) is 12.3. The fourth-order valence-corrected chi connectivity index (χ4v) is 3.01. The van der Waals surface area contributed by atoms with Gasteiger partial charge in [0, 0.05) is 6.54 Å². The van der Waals surface area contributed by atoms with Crippen molar-refractivity contribution >= 4 is 36.0 Å². The second kappa shape index (κ2) is 7.65. The number of ether oxygens (including phenoxy) is 1. The molecule has 1 aromatic rings. The van der Waals surface area contributed by atoms with Crippen molar-refractivity contribution in [1.82, 2.24) is 0 Å². The first-order valence-corrected chi connectivity index (χ1v) is 9.81. The van der Waals surface area contributed by atoms with Gasteiger partial charge in [0.15, 0.2) is 0 Å². The van der Waals surface area contributed by atoms with Crippen LogP contribution in [0.25, 0.3) is 0 Å². The van der Waals surface area contributed by atoms with E-state index in [1.165, 1.54) is 0 Å². The van der Waals surface area contributed by atoms with Crippen LogP contribution < -0.4 is 10.4 Å². The summed E-state index contributed by atoms with van der Waals surface area (Å²) in [6, 6.07) is 5.50. The number of benzene rings is 1. The molecule has 0 atom stereocenters. The van der Waals surface area contributed by atoms with Crippen LogP contribution in [0.15, 0.2) is 18.2 Å². The highest BCUT2D eigenvalue weighted by Crippen LogP contribution is 2.37. The second-order valence-corrected chi connectivity index (χ2v) is 9.34. The van der Waals surface area contributed by atoms with Gasteiger partial charge in [0.1, 0.15) is 5.60 Å². The lowest BCUT2D eigenvalue weighted by atomic mass is 9.79. The average Bonchev–Trinajstić information content (AvgIpc) is 2.71. The molecule has 1 aliphatic rings. The van der Waals surface area contributed by atoms with Gasteiger partial charge in [-0.25, -0.2) is 4.79 Å². The van der Waals surface area contributed by atoms with Gasteiger partial charge in [0.25, 0.3) is 0 Å². The molecule has 1 saturated heterocycles. The molecular weight excluding hydrogens is 364 g/mol. The molecule has 27 heavy (non-hydrogen) atoms. The molecule has 1 aliphatic heterocycles. The summed E-state index contributed by atoms with van der Waals surface area (Å²) in [6.45, 7) is 16.1. The third kappa shape index (κ3) is 4.98. The number of anilines is 1. The Kier molecular flexibility index (Phi) is 6.25. The summed E-state index contributed by atoms with van der Waals surface area (Å²) in [7, 11) is -0.497. The molecule has 0 saturated carbocycles. The Morgan fingerprint density at radius 1 is 1.19 bits per heavy atom. The molecule has 1 fully saturated rings. The van der Waals surface area contributed by atoms with E-state index in [0.29, 0.717) is 17.3 Å². The third-order valence-corrected chi connectivity index (χ3v) is 5.15. The van der Waals surface area contributed by atoms with Gasteiger partial charge in [-0.2, -0.15) is 0 Å². The van der Waals surface area contributed by atoms with Gasteiger partial charge in [0.05, 0.1) is 21.9 Å². The molecule has 1 aromatic carbocycles. The number of hydrogen-bond acceptors (Lipinski definition) is 4. The van der Waals surface area contributed by atoms with Crippen molar-refractivity contribution in [3.63, 3.8) is 0 Å². The Labute approximate surface area is 168 Å². The number of rotatable bonds is 4. The highest BCUT2D eigenvalue weighted by molar-refractivity contribution is 6.62. The molecule has 150 valence electrons. The maximum Gasteiger partial charge on any atom is 0.494 e. The molecule has 2 rings (SSSR count). The number of nitrogens with zero attached hydrogens (tertiary/aromatic N) is 1. The van der Waals surface area contributed by atoms with Gasteiger partial charge < -0.3 is 14.0 Å². The molecule has 0 bridgehead atoms. The Bertz CT molecular complexity index is 684. The van der Waals surface area contributed by atoms with E-state index >= 15 is 0 Å². The summed E-state index contributed by atoms with van der Waals surface area (Å²) in [4.78, 5) is 14.2. The zero-order valence-corrected chi connectivity index (χ0v) is 18.4. The lowest BCUT2D eigenvalue weighted by molar-refractivity contribution is 0.00578. The van der Waals surface area contributed by atoms with E-state index in [2.05, 4.69) is 0 Å². The summed E-state index contributed by atoms with van der Waals surface area (Å²) in [5, 5.41) is 0.460. The summed E-state index contributed by atoms with van der Waals surface area (Å²) >= 11 is 6.54. The first-order valence-electron chi connectivity index (χ1n) is 9.43.